The minimum Gasteiger partial charge on any atom is -0.385 e. The monoisotopic (exact) mass is 391 g/mol. The number of allylic oxidation sites excluding steroid dienone is 1. The van der Waals surface area contributed by atoms with Crippen molar-refractivity contribution in [3.05, 3.63) is 78.0 Å². The van der Waals surface area contributed by atoms with Crippen LogP contribution in [0.5, 0.6) is 0 Å². The number of aliphatic hydroxyl groups excluding tert-OH is 1. The SMILES string of the molecule is CCCC[NH+](C)C[C@H](O)Cn1cc(/C=C/C(=O)c2ccccc2)c2ccccc21. The first-order valence-electron chi connectivity index (χ1n) is 10.4. The topological polar surface area (TPSA) is 46.7 Å². The molecule has 1 heterocycles. The molecule has 2 aromatic carbocycles. The first kappa shape index (κ1) is 21.0. The first-order chi connectivity index (χ1) is 14.1. The molecule has 0 bridgehead atoms. The number of hydrogen-bond acceptors (Lipinski definition) is 2. The van der Waals surface area contributed by atoms with Gasteiger partial charge in [0.05, 0.1) is 20.1 Å². The van der Waals surface area contributed by atoms with Crippen molar-refractivity contribution in [2.45, 2.75) is 32.4 Å². The summed E-state index contributed by atoms with van der Waals surface area (Å²) in [5.74, 6) is -0.0105. The van der Waals surface area contributed by atoms with Crippen molar-refractivity contribution in [3.8, 4) is 0 Å². The third-order valence-corrected chi connectivity index (χ3v) is 5.24. The molecule has 0 aliphatic heterocycles. The molecule has 2 N–H and O–H groups in total. The Bertz CT molecular complexity index is 959. The highest BCUT2D eigenvalue weighted by Crippen LogP contribution is 2.23. The molecule has 3 aromatic rings. The zero-order valence-corrected chi connectivity index (χ0v) is 17.3. The van der Waals surface area contributed by atoms with E-state index in [1.807, 2.05) is 54.7 Å². The van der Waals surface area contributed by atoms with Gasteiger partial charge >= 0.3 is 0 Å². The second-order valence-electron chi connectivity index (χ2n) is 7.74. The Morgan fingerprint density at radius 2 is 1.86 bits per heavy atom. The number of carbonyl (C=O) groups excluding carboxylic acids is 1. The second kappa shape index (κ2) is 10.2. The van der Waals surface area contributed by atoms with Gasteiger partial charge in [0.25, 0.3) is 0 Å². The van der Waals surface area contributed by atoms with E-state index < -0.39 is 6.10 Å². The van der Waals surface area contributed by atoms with E-state index in [0.29, 0.717) is 12.1 Å². The van der Waals surface area contributed by atoms with Crippen LogP contribution in [0, 0.1) is 0 Å². The van der Waals surface area contributed by atoms with Crippen LogP contribution in [0.1, 0.15) is 35.7 Å². The minimum absolute atomic E-state index is 0.0105. The summed E-state index contributed by atoms with van der Waals surface area (Å²) in [6, 6.07) is 17.4. The molecule has 0 fully saturated rings. The zero-order valence-electron chi connectivity index (χ0n) is 17.3. The maximum Gasteiger partial charge on any atom is 0.185 e. The Labute approximate surface area is 173 Å². The standard InChI is InChI=1S/C25H30N2O2/c1-3-4-16-26(2)18-22(28)19-27-17-21(23-12-8-9-13-24(23)27)14-15-25(29)20-10-6-5-7-11-20/h5-15,17,22,28H,3-4,16,18-19H2,1-2H3/p+1/b15-14+/t22-/m0/s1. The quantitative estimate of drug-likeness (QED) is 0.412. The fourth-order valence-electron chi connectivity index (χ4n) is 3.70. The summed E-state index contributed by atoms with van der Waals surface area (Å²) in [5, 5.41) is 11.7. The molecule has 29 heavy (non-hydrogen) atoms. The fraction of sp³-hybridized carbons (Fsp3) is 0.320. The number of unbranched alkanes of at least 4 members (excludes halogenated alkanes) is 1. The highest BCUT2D eigenvalue weighted by atomic mass is 16.3. The highest BCUT2D eigenvalue weighted by molar-refractivity contribution is 6.07. The number of nitrogens with zero attached hydrogens (tertiary/aromatic N) is 1. The molecule has 152 valence electrons. The van der Waals surface area contributed by atoms with Crippen LogP contribution in [0.2, 0.25) is 0 Å². The van der Waals surface area contributed by atoms with Crippen molar-refractivity contribution in [2.24, 2.45) is 0 Å². The van der Waals surface area contributed by atoms with E-state index in [1.165, 1.54) is 17.7 Å². The van der Waals surface area contributed by atoms with Gasteiger partial charge in [-0.1, -0.05) is 61.9 Å². The normalized spacial score (nSPS) is 13.8. The van der Waals surface area contributed by atoms with Crippen molar-refractivity contribution < 1.29 is 14.8 Å². The summed E-state index contributed by atoms with van der Waals surface area (Å²) < 4.78 is 2.10. The van der Waals surface area contributed by atoms with Crippen LogP contribution >= 0.6 is 0 Å². The predicted octanol–water partition coefficient (Wildman–Crippen LogP) is 3.21. The smallest absolute Gasteiger partial charge is 0.185 e. The predicted molar refractivity (Wildman–Crippen MR) is 119 cm³/mol. The molecule has 0 radical (unpaired) electrons. The van der Waals surface area contributed by atoms with E-state index in [0.717, 1.165) is 29.6 Å². The van der Waals surface area contributed by atoms with E-state index in [-0.39, 0.29) is 5.78 Å². The lowest BCUT2D eigenvalue weighted by Gasteiger charge is -2.18. The lowest BCUT2D eigenvalue weighted by atomic mass is 10.1. The number of quaternary nitrogens is 1. The van der Waals surface area contributed by atoms with Crippen LogP contribution in [-0.2, 0) is 6.54 Å². The van der Waals surface area contributed by atoms with Crippen LogP contribution in [0.4, 0.5) is 0 Å². The van der Waals surface area contributed by atoms with Gasteiger partial charge in [0.15, 0.2) is 5.78 Å². The maximum absolute atomic E-state index is 12.4. The van der Waals surface area contributed by atoms with E-state index >= 15 is 0 Å². The second-order valence-corrected chi connectivity index (χ2v) is 7.74. The molecule has 3 rings (SSSR count). The highest BCUT2D eigenvalue weighted by Gasteiger charge is 2.14. The summed E-state index contributed by atoms with van der Waals surface area (Å²) >= 11 is 0. The molecule has 0 spiro atoms. The first-order valence-corrected chi connectivity index (χ1v) is 10.4. The largest absolute Gasteiger partial charge is 0.385 e. The number of ketones is 1. The Hall–Kier alpha value is -2.69. The van der Waals surface area contributed by atoms with Crippen LogP contribution in [-0.4, -0.2) is 41.7 Å². The summed E-state index contributed by atoms with van der Waals surface area (Å²) in [4.78, 5) is 13.8. The number of aromatic nitrogens is 1. The van der Waals surface area contributed by atoms with E-state index in [2.05, 4.69) is 30.7 Å². The lowest BCUT2D eigenvalue weighted by molar-refractivity contribution is -0.883. The average Bonchev–Trinajstić information content (AvgIpc) is 3.08. The molecule has 1 unspecified atom stereocenters. The third-order valence-electron chi connectivity index (χ3n) is 5.24. The summed E-state index contributed by atoms with van der Waals surface area (Å²) in [5.41, 5.74) is 2.74. The average molecular weight is 392 g/mol. The van der Waals surface area contributed by atoms with E-state index in [1.54, 1.807) is 6.08 Å². The zero-order chi connectivity index (χ0) is 20.6. The number of rotatable bonds is 10. The number of benzene rings is 2. The van der Waals surface area contributed by atoms with Gasteiger partial charge in [0.2, 0.25) is 0 Å². The summed E-state index contributed by atoms with van der Waals surface area (Å²) in [6.45, 7) is 4.54. The van der Waals surface area contributed by atoms with Crippen molar-refractivity contribution >= 4 is 22.8 Å². The molecule has 0 saturated heterocycles. The van der Waals surface area contributed by atoms with Gasteiger partial charge in [-0.25, -0.2) is 0 Å². The molecule has 4 heteroatoms. The third kappa shape index (κ3) is 5.66. The van der Waals surface area contributed by atoms with Gasteiger partial charge in [0.1, 0.15) is 12.6 Å². The molecule has 0 amide bonds. The van der Waals surface area contributed by atoms with Crippen molar-refractivity contribution in [1.29, 1.82) is 0 Å². The molecule has 0 aliphatic carbocycles. The summed E-state index contributed by atoms with van der Waals surface area (Å²) in [7, 11) is 2.13. The van der Waals surface area contributed by atoms with Crippen LogP contribution in [0.3, 0.4) is 0 Å². The fourth-order valence-corrected chi connectivity index (χ4v) is 3.70. The number of para-hydroxylation sites is 1. The number of likely N-dealkylation sites (N-methyl/N-ethyl adjacent to an activating group) is 1. The van der Waals surface area contributed by atoms with E-state index in [9.17, 15) is 9.90 Å². The minimum atomic E-state index is -0.412. The van der Waals surface area contributed by atoms with Crippen molar-refractivity contribution in [1.82, 2.24) is 4.57 Å². The summed E-state index contributed by atoms with van der Waals surface area (Å²) in [6.07, 6.45) is 7.47. The maximum atomic E-state index is 12.4. The van der Waals surface area contributed by atoms with Crippen LogP contribution in [0.15, 0.2) is 66.9 Å². The van der Waals surface area contributed by atoms with Crippen molar-refractivity contribution in [2.75, 3.05) is 20.1 Å². The van der Waals surface area contributed by atoms with Crippen LogP contribution in [0.25, 0.3) is 17.0 Å². The number of nitrogens with one attached hydrogen (secondary N) is 1. The van der Waals surface area contributed by atoms with Crippen molar-refractivity contribution in [3.63, 3.8) is 0 Å². The van der Waals surface area contributed by atoms with Gasteiger partial charge in [-0.05, 0) is 24.6 Å². The number of fused-ring (bicyclic) bond motifs is 1. The number of carbonyl (C=O) groups is 1. The molecule has 0 aliphatic rings. The Balaban J connectivity index is 1.76. The van der Waals surface area contributed by atoms with Gasteiger partial charge in [-0.2, -0.15) is 0 Å². The van der Waals surface area contributed by atoms with Gasteiger partial charge in [-0.15, -0.1) is 0 Å². The van der Waals surface area contributed by atoms with Gasteiger partial charge < -0.3 is 14.6 Å². The number of aliphatic hydroxyl groups is 1. The molecule has 4 nitrogen and oxygen atoms in total. The van der Waals surface area contributed by atoms with Gasteiger partial charge in [-0.3, -0.25) is 4.79 Å². The Morgan fingerprint density at radius 3 is 2.62 bits per heavy atom. The molecular weight excluding hydrogens is 360 g/mol. The Kier molecular flexibility index (Phi) is 7.39. The molecule has 0 saturated carbocycles. The molecular formula is C25H31N2O2+. The van der Waals surface area contributed by atoms with Crippen LogP contribution < -0.4 is 4.90 Å². The molecule has 1 aromatic heterocycles. The lowest BCUT2D eigenvalue weighted by Crippen LogP contribution is -3.10. The van der Waals surface area contributed by atoms with E-state index in [4.69, 9.17) is 0 Å². The Morgan fingerprint density at radius 1 is 1.14 bits per heavy atom. The number of hydrogen-bond donors (Lipinski definition) is 2. The van der Waals surface area contributed by atoms with Gasteiger partial charge in [0, 0.05) is 28.2 Å². The molecule has 2 atom stereocenters.